The fraction of sp³-hybridized carbons (Fsp3) is 1.00. The number of alkyl halides is 5. The molecule has 0 fully saturated rings. The summed E-state index contributed by atoms with van der Waals surface area (Å²) in [5.41, 5.74) is 4.50. The van der Waals surface area contributed by atoms with Gasteiger partial charge in [0.05, 0.1) is 0 Å². The molecule has 0 aliphatic heterocycles. The van der Waals surface area contributed by atoms with Gasteiger partial charge in [0.15, 0.2) is 0 Å². The number of hydrogen-bond acceptors (Lipinski definition) is 1. The normalized spacial score (nSPS) is 16.3. The smallest absolute Gasteiger partial charge is 0.318 e. The summed E-state index contributed by atoms with van der Waals surface area (Å²) in [7, 11) is 0. The van der Waals surface area contributed by atoms with E-state index in [4.69, 9.17) is 23.2 Å². The summed E-state index contributed by atoms with van der Waals surface area (Å²) in [6.07, 6.45) is -4.51. The van der Waals surface area contributed by atoms with E-state index in [0.717, 1.165) is 0 Å². The lowest BCUT2D eigenvalue weighted by Crippen LogP contribution is -2.42. The average molecular weight is 182 g/mol. The highest BCUT2D eigenvalue weighted by Gasteiger charge is 2.40. The predicted molar refractivity (Wildman–Crippen MR) is 29.5 cm³/mol. The van der Waals surface area contributed by atoms with Crippen LogP contribution in [0.25, 0.3) is 0 Å². The largest absolute Gasteiger partial charge is 0.406 e. The highest BCUT2D eigenvalue weighted by atomic mass is 35.5. The van der Waals surface area contributed by atoms with E-state index < -0.39 is 17.1 Å². The summed E-state index contributed by atoms with van der Waals surface area (Å²) in [4.78, 5) is -1.59. The molecule has 0 saturated heterocycles. The van der Waals surface area contributed by atoms with Crippen LogP contribution in [-0.4, -0.2) is 17.1 Å². The van der Waals surface area contributed by atoms with Gasteiger partial charge in [-0.1, -0.05) is 0 Å². The molecule has 0 amide bonds. The molecule has 0 rings (SSSR count). The van der Waals surface area contributed by atoms with E-state index >= 15 is 0 Å². The Morgan fingerprint density at radius 1 is 1.22 bits per heavy atom. The number of hydrogen-bond donors (Lipinski definition) is 1. The Balaban J connectivity index is 3.88. The Kier molecular flexibility index (Phi) is 3.05. The minimum Gasteiger partial charge on any atom is -0.318 e. The van der Waals surface area contributed by atoms with E-state index in [1.54, 1.807) is 0 Å². The van der Waals surface area contributed by atoms with Crippen LogP contribution in [0.5, 0.6) is 0 Å². The maximum atomic E-state index is 11.4. The lowest BCUT2D eigenvalue weighted by molar-refractivity contribution is -0.144. The van der Waals surface area contributed by atoms with E-state index in [1.807, 2.05) is 0 Å². The topological polar surface area (TPSA) is 26.0 Å². The number of halogens is 5. The van der Waals surface area contributed by atoms with Gasteiger partial charge < -0.3 is 5.73 Å². The van der Waals surface area contributed by atoms with Crippen molar-refractivity contribution in [3.63, 3.8) is 0 Å². The molecule has 2 N–H and O–H groups in total. The van der Waals surface area contributed by atoms with Crippen molar-refractivity contribution in [3.8, 4) is 0 Å². The molecule has 1 unspecified atom stereocenters. The summed E-state index contributed by atoms with van der Waals surface area (Å²) in [5.74, 6) is 0. The van der Waals surface area contributed by atoms with Crippen LogP contribution < -0.4 is 5.73 Å². The van der Waals surface area contributed by atoms with E-state index in [0.29, 0.717) is 0 Å². The van der Waals surface area contributed by atoms with Crippen molar-refractivity contribution in [1.29, 1.82) is 0 Å². The SMILES string of the molecule is NC(C(Cl)Cl)C(F)(F)F. The summed E-state index contributed by atoms with van der Waals surface area (Å²) in [5, 5.41) is 0. The zero-order valence-electron chi connectivity index (χ0n) is 4.12. The number of nitrogens with two attached hydrogens (primary N) is 1. The Morgan fingerprint density at radius 2 is 1.56 bits per heavy atom. The van der Waals surface area contributed by atoms with Crippen LogP contribution in [0.4, 0.5) is 13.2 Å². The van der Waals surface area contributed by atoms with Gasteiger partial charge in [0.1, 0.15) is 10.9 Å². The third-order valence-electron chi connectivity index (χ3n) is 0.649. The maximum absolute atomic E-state index is 11.4. The van der Waals surface area contributed by atoms with Crippen LogP contribution in [0.2, 0.25) is 0 Å². The molecule has 0 aromatic heterocycles. The summed E-state index contributed by atoms with van der Waals surface area (Å²) in [6.45, 7) is 0. The summed E-state index contributed by atoms with van der Waals surface area (Å²) >= 11 is 9.67. The van der Waals surface area contributed by atoms with Gasteiger partial charge in [0.2, 0.25) is 0 Å². The molecule has 9 heavy (non-hydrogen) atoms. The van der Waals surface area contributed by atoms with Gasteiger partial charge >= 0.3 is 6.18 Å². The molecular formula is C3H4Cl2F3N. The minimum atomic E-state index is -4.51. The van der Waals surface area contributed by atoms with Crippen molar-refractivity contribution in [1.82, 2.24) is 0 Å². The van der Waals surface area contributed by atoms with E-state index in [9.17, 15) is 13.2 Å². The molecule has 56 valence electrons. The lowest BCUT2D eigenvalue weighted by Gasteiger charge is -2.15. The van der Waals surface area contributed by atoms with Gasteiger partial charge in [-0.2, -0.15) is 13.2 Å². The van der Waals surface area contributed by atoms with Gasteiger partial charge in [-0.15, -0.1) is 23.2 Å². The molecular weight excluding hydrogens is 178 g/mol. The first-order valence-electron chi connectivity index (χ1n) is 1.96. The van der Waals surface area contributed by atoms with E-state index in [-0.39, 0.29) is 0 Å². The highest BCUT2D eigenvalue weighted by Crippen LogP contribution is 2.24. The quantitative estimate of drug-likeness (QED) is 0.613. The molecule has 0 radical (unpaired) electrons. The zero-order valence-corrected chi connectivity index (χ0v) is 5.63. The van der Waals surface area contributed by atoms with E-state index in [1.165, 1.54) is 0 Å². The first kappa shape index (κ1) is 9.33. The van der Waals surface area contributed by atoms with Crippen molar-refractivity contribution in [3.05, 3.63) is 0 Å². The van der Waals surface area contributed by atoms with Crippen LogP contribution in [0, 0.1) is 0 Å². The Bertz CT molecular complexity index is 91.5. The van der Waals surface area contributed by atoms with Crippen molar-refractivity contribution >= 4 is 23.2 Å². The van der Waals surface area contributed by atoms with Crippen molar-refractivity contribution < 1.29 is 13.2 Å². The Hall–Kier alpha value is 0.330. The molecule has 0 heterocycles. The van der Waals surface area contributed by atoms with Crippen LogP contribution in [-0.2, 0) is 0 Å². The monoisotopic (exact) mass is 181 g/mol. The first-order chi connectivity index (χ1) is 3.85. The van der Waals surface area contributed by atoms with E-state index in [2.05, 4.69) is 5.73 Å². The third-order valence-corrected chi connectivity index (χ3v) is 1.19. The van der Waals surface area contributed by atoms with Crippen molar-refractivity contribution in [2.75, 3.05) is 0 Å². The fourth-order valence-electron chi connectivity index (χ4n) is 0.143. The van der Waals surface area contributed by atoms with Crippen molar-refractivity contribution in [2.45, 2.75) is 17.1 Å². The molecule has 0 aromatic carbocycles. The zero-order chi connectivity index (χ0) is 7.65. The second-order valence-electron chi connectivity index (χ2n) is 1.40. The molecule has 0 aliphatic rings. The Labute approximate surface area is 59.9 Å². The van der Waals surface area contributed by atoms with Gasteiger partial charge in [-0.25, -0.2) is 0 Å². The van der Waals surface area contributed by atoms with Crippen molar-refractivity contribution in [2.24, 2.45) is 5.73 Å². The second-order valence-corrected chi connectivity index (χ2v) is 2.57. The molecule has 1 atom stereocenters. The predicted octanol–water partition coefficient (Wildman–Crippen LogP) is 1.68. The number of rotatable bonds is 1. The molecule has 0 spiro atoms. The maximum Gasteiger partial charge on any atom is 0.406 e. The van der Waals surface area contributed by atoms with Crippen LogP contribution in [0.15, 0.2) is 0 Å². The minimum absolute atomic E-state index is 1.59. The van der Waals surface area contributed by atoms with Gasteiger partial charge in [0.25, 0.3) is 0 Å². The third kappa shape index (κ3) is 3.13. The highest BCUT2D eigenvalue weighted by molar-refractivity contribution is 6.44. The molecule has 0 aliphatic carbocycles. The fourth-order valence-corrected chi connectivity index (χ4v) is 0.429. The van der Waals surface area contributed by atoms with Gasteiger partial charge in [-0.05, 0) is 0 Å². The first-order valence-corrected chi connectivity index (χ1v) is 2.83. The average Bonchev–Trinajstić information content (AvgIpc) is 1.62. The van der Waals surface area contributed by atoms with Gasteiger partial charge in [0, 0.05) is 0 Å². The van der Waals surface area contributed by atoms with Gasteiger partial charge in [-0.3, -0.25) is 0 Å². The van der Waals surface area contributed by atoms with Crippen LogP contribution >= 0.6 is 23.2 Å². The molecule has 0 saturated carbocycles. The molecule has 0 aromatic rings. The lowest BCUT2D eigenvalue weighted by atomic mass is 10.3. The van der Waals surface area contributed by atoms with Crippen LogP contribution in [0.3, 0.4) is 0 Å². The molecule has 6 heteroatoms. The molecule has 0 bridgehead atoms. The summed E-state index contributed by atoms with van der Waals surface area (Å²) in [6, 6.07) is -2.15. The second kappa shape index (κ2) is 2.94. The molecule has 1 nitrogen and oxygen atoms in total. The standard InChI is InChI=1S/C3H4Cl2F3N/c4-2(5)1(9)3(6,7)8/h1-2H,9H2. The Morgan fingerprint density at radius 3 is 1.56 bits per heavy atom. The summed E-state index contributed by atoms with van der Waals surface area (Å²) < 4.78 is 34.2. The van der Waals surface area contributed by atoms with Crippen LogP contribution in [0.1, 0.15) is 0 Å².